The van der Waals surface area contributed by atoms with Crippen LogP contribution >= 0.6 is 11.3 Å². The van der Waals surface area contributed by atoms with Crippen LogP contribution in [0.2, 0.25) is 0 Å². The highest BCUT2D eigenvalue weighted by Crippen LogP contribution is 2.18. The van der Waals surface area contributed by atoms with Gasteiger partial charge in [0.1, 0.15) is 0 Å². The molecule has 1 heterocycles. The molecule has 1 aromatic carbocycles. The van der Waals surface area contributed by atoms with Gasteiger partial charge < -0.3 is 5.32 Å². The van der Waals surface area contributed by atoms with Gasteiger partial charge in [0.25, 0.3) is 0 Å². The van der Waals surface area contributed by atoms with Gasteiger partial charge in [0.2, 0.25) is 0 Å². The average molecular weight is 232 g/mol. The third kappa shape index (κ3) is 3.07. The predicted molar refractivity (Wildman–Crippen MR) is 70.1 cm³/mol. The zero-order chi connectivity index (χ0) is 11.4. The Morgan fingerprint density at radius 2 is 2.00 bits per heavy atom. The molecule has 84 valence electrons. The lowest BCUT2D eigenvalue weighted by atomic mass is 10.1. The van der Waals surface area contributed by atoms with E-state index in [9.17, 15) is 0 Å². The molecule has 0 fully saturated rings. The topological polar surface area (TPSA) is 24.9 Å². The number of hydrogen-bond acceptors (Lipinski definition) is 3. The van der Waals surface area contributed by atoms with Crippen molar-refractivity contribution in [2.45, 2.75) is 26.3 Å². The smallest absolute Gasteiger partial charge is 0.183 e. The molecule has 0 saturated carbocycles. The summed E-state index contributed by atoms with van der Waals surface area (Å²) >= 11 is 1.67. The fraction of sp³-hybridized carbons (Fsp3) is 0.308. The van der Waals surface area contributed by atoms with Crippen LogP contribution in [0.4, 0.5) is 5.13 Å². The summed E-state index contributed by atoms with van der Waals surface area (Å²) in [6, 6.07) is 10.9. The van der Waals surface area contributed by atoms with Crippen LogP contribution in [0.1, 0.15) is 25.1 Å². The van der Waals surface area contributed by atoms with E-state index in [0.29, 0.717) is 6.04 Å². The number of thiazole rings is 1. The molecule has 2 aromatic rings. The molecule has 1 aromatic heterocycles. The van der Waals surface area contributed by atoms with E-state index < -0.39 is 0 Å². The van der Waals surface area contributed by atoms with Crippen molar-refractivity contribution in [1.82, 2.24) is 4.98 Å². The molecule has 2 nitrogen and oxygen atoms in total. The highest BCUT2D eigenvalue weighted by molar-refractivity contribution is 7.13. The SMILES string of the molecule is CC(C)Nc1nc(Cc2ccccc2)cs1. The Balaban J connectivity index is 2.03. The van der Waals surface area contributed by atoms with E-state index in [2.05, 4.69) is 53.8 Å². The third-order valence-electron chi connectivity index (χ3n) is 2.19. The normalized spacial score (nSPS) is 10.7. The zero-order valence-corrected chi connectivity index (χ0v) is 10.4. The molecule has 0 aliphatic rings. The maximum absolute atomic E-state index is 4.55. The van der Waals surface area contributed by atoms with Crippen molar-refractivity contribution in [3.8, 4) is 0 Å². The maximum atomic E-state index is 4.55. The van der Waals surface area contributed by atoms with E-state index >= 15 is 0 Å². The number of hydrogen-bond donors (Lipinski definition) is 1. The maximum Gasteiger partial charge on any atom is 0.183 e. The predicted octanol–water partition coefficient (Wildman–Crippen LogP) is 3.55. The largest absolute Gasteiger partial charge is 0.359 e. The quantitative estimate of drug-likeness (QED) is 0.872. The van der Waals surface area contributed by atoms with Crippen LogP contribution in [0.25, 0.3) is 0 Å². The second kappa shape index (κ2) is 5.12. The molecule has 0 amide bonds. The van der Waals surface area contributed by atoms with Crippen molar-refractivity contribution in [1.29, 1.82) is 0 Å². The van der Waals surface area contributed by atoms with Gasteiger partial charge in [-0.2, -0.15) is 0 Å². The van der Waals surface area contributed by atoms with Crippen LogP contribution in [0, 0.1) is 0 Å². The van der Waals surface area contributed by atoms with Gasteiger partial charge in [-0.3, -0.25) is 0 Å². The summed E-state index contributed by atoms with van der Waals surface area (Å²) in [7, 11) is 0. The minimum absolute atomic E-state index is 0.440. The molecule has 2 rings (SSSR count). The molecule has 16 heavy (non-hydrogen) atoms. The fourth-order valence-corrected chi connectivity index (χ4v) is 2.36. The van der Waals surface area contributed by atoms with Crippen molar-refractivity contribution in [3.63, 3.8) is 0 Å². The van der Waals surface area contributed by atoms with E-state index in [1.807, 2.05) is 6.07 Å². The number of anilines is 1. The second-order valence-corrected chi connectivity index (χ2v) is 4.96. The molecule has 0 unspecified atom stereocenters. The lowest BCUT2D eigenvalue weighted by Crippen LogP contribution is -2.09. The summed E-state index contributed by atoms with van der Waals surface area (Å²) in [5, 5.41) is 6.46. The molecule has 3 heteroatoms. The molecular formula is C13H16N2S. The molecule has 0 radical (unpaired) electrons. The van der Waals surface area contributed by atoms with Gasteiger partial charge in [0.15, 0.2) is 5.13 Å². The molecule has 0 saturated heterocycles. The first-order chi connectivity index (χ1) is 7.74. The minimum Gasteiger partial charge on any atom is -0.359 e. The van der Waals surface area contributed by atoms with Crippen LogP contribution in [0.5, 0.6) is 0 Å². The number of benzene rings is 1. The highest BCUT2D eigenvalue weighted by Gasteiger charge is 2.03. The average Bonchev–Trinajstić information content (AvgIpc) is 2.66. The van der Waals surface area contributed by atoms with Crippen LogP contribution < -0.4 is 5.32 Å². The van der Waals surface area contributed by atoms with Crippen LogP contribution in [-0.2, 0) is 6.42 Å². The first kappa shape index (κ1) is 11.1. The zero-order valence-electron chi connectivity index (χ0n) is 9.60. The Kier molecular flexibility index (Phi) is 3.57. The lowest BCUT2D eigenvalue weighted by Gasteiger charge is -2.04. The third-order valence-corrected chi connectivity index (χ3v) is 3.01. The summed E-state index contributed by atoms with van der Waals surface area (Å²) in [6.07, 6.45) is 0.914. The molecule has 0 atom stereocenters. The Morgan fingerprint density at radius 1 is 1.25 bits per heavy atom. The summed E-state index contributed by atoms with van der Waals surface area (Å²) in [4.78, 5) is 4.55. The molecule has 0 spiro atoms. The first-order valence-electron chi connectivity index (χ1n) is 5.49. The molecule has 0 bridgehead atoms. The van der Waals surface area contributed by atoms with Gasteiger partial charge >= 0.3 is 0 Å². The number of nitrogens with one attached hydrogen (secondary N) is 1. The van der Waals surface area contributed by atoms with Gasteiger partial charge in [-0.15, -0.1) is 11.3 Å². The Labute approximate surface area is 100 Å². The van der Waals surface area contributed by atoms with Crippen molar-refractivity contribution in [3.05, 3.63) is 47.0 Å². The highest BCUT2D eigenvalue weighted by atomic mass is 32.1. The van der Waals surface area contributed by atoms with E-state index in [4.69, 9.17) is 0 Å². The molecule has 1 N–H and O–H groups in total. The van der Waals surface area contributed by atoms with E-state index in [1.165, 1.54) is 5.56 Å². The van der Waals surface area contributed by atoms with Gasteiger partial charge in [-0.05, 0) is 19.4 Å². The van der Waals surface area contributed by atoms with Crippen LogP contribution in [0.15, 0.2) is 35.7 Å². The van der Waals surface area contributed by atoms with E-state index in [0.717, 1.165) is 17.2 Å². The minimum atomic E-state index is 0.440. The van der Waals surface area contributed by atoms with E-state index in [-0.39, 0.29) is 0 Å². The summed E-state index contributed by atoms with van der Waals surface area (Å²) in [5.41, 5.74) is 2.45. The molecular weight excluding hydrogens is 216 g/mol. The lowest BCUT2D eigenvalue weighted by molar-refractivity contribution is 0.893. The Bertz CT molecular complexity index is 434. The number of aromatic nitrogens is 1. The van der Waals surface area contributed by atoms with Crippen LogP contribution in [0.3, 0.4) is 0 Å². The molecule has 0 aliphatic carbocycles. The monoisotopic (exact) mass is 232 g/mol. The van der Waals surface area contributed by atoms with Gasteiger partial charge in [0.05, 0.1) is 5.69 Å². The van der Waals surface area contributed by atoms with Crippen molar-refractivity contribution >= 4 is 16.5 Å². The standard InChI is InChI=1S/C13H16N2S/c1-10(2)14-13-15-12(9-16-13)8-11-6-4-3-5-7-11/h3-7,9-10H,8H2,1-2H3,(H,14,15). The van der Waals surface area contributed by atoms with E-state index in [1.54, 1.807) is 11.3 Å². The van der Waals surface area contributed by atoms with Crippen LogP contribution in [-0.4, -0.2) is 11.0 Å². The first-order valence-corrected chi connectivity index (χ1v) is 6.37. The van der Waals surface area contributed by atoms with Crippen molar-refractivity contribution in [2.24, 2.45) is 0 Å². The Hall–Kier alpha value is -1.35. The van der Waals surface area contributed by atoms with Crippen molar-refractivity contribution < 1.29 is 0 Å². The number of nitrogens with zero attached hydrogens (tertiary/aromatic N) is 1. The van der Waals surface area contributed by atoms with Gasteiger partial charge in [0, 0.05) is 17.8 Å². The second-order valence-electron chi connectivity index (χ2n) is 4.11. The fourth-order valence-electron chi connectivity index (χ4n) is 1.51. The summed E-state index contributed by atoms with van der Waals surface area (Å²) in [5.74, 6) is 0. The summed E-state index contributed by atoms with van der Waals surface area (Å²) < 4.78 is 0. The van der Waals surface area contributed by atoms with Gasteiger partial charge in [-0.1, -0.05) is 30.3 Å². The Morgan fingerprint density at radius 3 is 2.69 bits per heavy atom. The number of rotatable bonds is 4. The summed E-state index contributed by atoms with van der Waals surface area (Å²) in [6.45, 7) is 4.25. The van der Waals surface area contributed by atoms with Gasteiger partial charge in [-0.25, -0.2) is 4.98 Å². The van der Waals surface area contributed by atoms with Crippen molar-refractivity contribution in [2.75, 3.05) is 5.32 Å². The molecule has 0 aliphatic heterocycles.